The lowest BCUT2D eigenvalue weighted by atomic mass is 10.1. The normalized spacial score (nSPS) is 10.0. The zero-order valence-corrected chi connectivity index (χ0v) is 14.1. The van der Waals surface area contributed by atoms with Gasteiger partial charge in [-0.1, -0.05) is 18.2 Å². The van der Waals surface area contributed by atoms with E-state index in [2.05, 4.69) is 4.98 Å². The Kier molecular flexibility index (Phi) is 5.41. The van der Waals surface area contributed by atoms with Gasteiger partial charge in [0.15, 0.2) is 12.2 Å². The van der Waals surface area contributed by atoms with E-state index in [0.717, 1.165) is 10.6 Å². The highest BCUT2D eigenvalue weighted by Crippen LogP contribution is 2.21. The molecule has 0 amide bonds. The fourth-order valence-electron chi connectivity index (χ4n) is 2.01. The lowest BCUT2D eigenvalue weighted by Crippen LogP contribution is -2.37. The number of carbonyl (C=O) groups is 1. The maximum atomic E-state index is 12.1. The number of thiophene rings is 1. The Morgan fingerprint density at radius 2 is 2.00 bits per heavy atom. The number of carbonyl (C=O) groups excluding carboxylic acids is 1. The van der Waals surface area contributed by atoms with Crippen molar-refractivity contribution in [2.24, 2.45) is 0 Å². The summed E-state index contributed by atoms with van der Waals surface area (Å²) in [5, 5.41) is 11.7. The van der Waals surface area contributed by atoms with Gasteiger partial charge in [0.05, 0.1) is 16.6 Å². The molecule has 3 aromatic rings. The zero-order chi connectivity index (χ0) is 14.7. The van der Waals surface area contributed by atoms with E-state index >= 15 is 0 Å². The second-order valence-corrected chi connectivity index (χ2v) is 5.48. The minimum atomic E-state index is -0.149. The van der Waals surface area contributed by atoms with Crippen LogP contribution in [0.25, 0.3) is 10.6 Å². The highest BCUT2D eigenvalue weighted by Gasteiger charge is 2.14. The first kappa shape index (κ1) is 16.3. The minimum absolute atomic E-state index is 0. The van der Waals surface area contributed by atoms with Crippen LogP contribution in [0.3, 0.4) is 0 Å². The van der Waals surface area contributed by atoms with Crippen LogP contribution in [0.1, 0.15) is 10.4 Å². The summed E-state index contributed by atoms with van der Waals surface area (Å²) in [6.07, 6.45) is 3.45. The van der Waals surface area contributed by atoms with Gasteiger partial charge in [0.25, 0.3) is 6.33 Å². The molecule has 1 N–H and O–H groups in total. The molecule has 0 atom stereocenters. The number of phenolic OH excluding ortho intramolecular Hbond substituents is 1. The molecule has 4 nitrogen and oxygen atoms in total. The molecule has 0 aliphatic heterocycles. The lowest BCUT2D eigenvalue weighted by molar-refractivity contribution is -0.686. The van der Waals surface area contributed by atoms with Crippen LogP contribution in [0.15, 0.2) is 60.4 Å². The number of aromatic nitrogens is 2. The van der Waals surface area contributed by atoms with Gasteiger partial charge in [-0.3, -0.25) is 4.79 Å². The van der Waals surface area contributed by atoms with Gasteiger partial charge < -0.3 is 5.11 Å². The summed E-state index contributed by atoms with van der Waals surface area (Å²) < 4.78 is 1.70. The van der Waals surface area contributed by atoms with Crippen LogP contribution in [0.5, 0.6) is 5.75 Å². The average Bonchev–Trinajstić information content (AvgIpc) is 3.02. The van der Waals surface area contributed by atoms with Crippen molar-refractivity contribution in [3.63, 3.8) is 0 Å². The fraction of sp³-hybridized carbons (Fsp3) is 0.0625. The van der Waals surface area contributed by atoms with Crippen molar-refractivity contribution in [2.45, 2.75) is 6.54 Å². The van der Waals surface area contributed by atoms with Crippen LogP contribution in [-0.2, 0) is 6.54 Å². The van der Waals surface area contributed by atoms with Crippen LogP contribution < -0.4 is 4.57 Å². The molecule has 0 bridgehead atoms. The van der Waals surface area contributed by atoms with Crippen molar-refractivity contribution in [3.8, 4) is 16.3 Å². The van der Waals surface area contributed by atoms with Crippen LogP contribution >= 0.6 is 28.3 Å². The van der Waals surface area contributed by atoms with Gasteiger partial charge in [0, 0.05) is 6.07 Å². The molecule has 112 valence electrons. The van der Waals surface area contributed by atoms with Crippen LogP contribution in [0.4, 0.5) is 0 Å². The zero-order valence-electron chi connectivity index (χ0n) is 11.5. The quantitative estimate of drug-likeness (QED) is 0.560. The molecule has 0 fully saturated rings. The number of halogens is 1. The van der Waals surface area contributed by atoms with E-state index < -0.39 is 0 Å². The number of hydrogen-bond donors (Lipinski definition) is 1. The predicted octanol–water partition coefficient (Wildman–Crippen LogP) is 3.26. The Hall–Kier alpha value is -2.05. The third-order valence-corrected chi connectivity index (χ3v) is 3.97. The fourth-order valence-corrected chi connectivity index (χ4v) is 2.71. The van der Waals surface area contributed by atoms with E-state index in [1.807, 2.05) is 29.8 Å². The van der Waals surface area contributed by atoms with Crippen molar-refractivity contribution in [1.82, 2.24) is 4.98 Å². The molecule has 2 heterocycles. The predicted molar refractivity (Wildman–Crippen MR) is 90.5 cm³/mol. The van der Waals surface area contributed by atoms with Crippen molar-refractivity contribution in [2.75, 3.05) is 0 Å². The molecule has 1 aromatic carbocycles. The number of aromatic hydroxyl groups is 1. The minimum Gasteiger partial charge on any atom is -0.507 e. The Bertz CT molecular complexity index is 758. The van der Waals surface area contributed by atoms with Crippen LogP contribution in [-0.4, -0.2) is 15.9 Å². The molecule has 0 saturated heterocycles. The highest BCUT2D eigenvalue weighted by atomic mass is 79.9. The number of nitrogens with zero attached hydrogens (tertiary/aromatic N) is 2. The van der Waals surface area contributed by atoms with Gasteiger partial charge in [-0.15, -0.1) is 28.3 Å². The second-order valence-electron chi connectivity index (χ2n) is 4.54. The number of hydrogen-bond acceptors (Lipinski definition) is 4. The Morgan fingerprint density at radius 3 is 2.64 bits per heavy atom. The Labute approximate surface area is 142 Å². The average molecular weight is 378 g/mol. The summed E-state index contributed by atoms with van der Waals surface area (Å²) in [5.74, 6) is -0.143. The number of phenols is 1. The molecular formula is C16H14BrN2O2S+. The number of ketones is 1. The first-order chi connectivity index (χ1) is 10.2. The standard InChI is InChI=1S/C16H12N2O2S.BrH/c19-14-5-2-1-4-12(14)15(20)10-18-8-7-13(17-11-18)16-6-3-9-21-16;/h1-9,11H,10H2;1H/p+1. The summed E-state index contributed by atoms with van der Waals surface area (Å²) in [6.45, 7) is 0.148. The number of Topliss-reactive ketones (excluding diaryl/α,β-unsaturated/α-hetero) is 1. The molecule has 3 rings (SSSR count). The number of benzene rings is 1. The monoisotopic (exact) mass is 377 g/mol. The molecular weight excluding hydrogens is 364 g/mol. The maximum Gasteiger partial charge on any atom is 0.287 e. The Morgan fingerprint density at radius 1 is 1.18 bits per heavy atom. The third kappa shape index (κ3) is 3.58. The SMILES string of the molecule is Br.O=C(C[n+]1ccc(-c2cccs2)nc1)c1ccccc1O. The summed E-state index contributed by atoms with van der Waals surface area (Å²) in [7, 11) is 0. The van der Waals surface area contributed by atoms with E-state index in [9.17, 15) is 9.90 Å². The van der Waals surface area contributed by atoms with Crippen molar-refractivity contribution in [1.29, 1.82) is 0 Å². The largest absolute Gasteiger partial charge is 0.507 e. The van der Waals surface area contributed by atoms with Gasteiger partial charge in [0.1, 0.15) is 5.75 Å². The Balaban J connectivity index is 0.00000176. The van der Waals surface area contributed by atoms with Crippen molar-refractivity contribution >= 4 is 34.1 Å². The molecule has 0 aliphatic carbocycles. The van der Waals surface area contributed by atoms with Gasteiger partial charge in [-0.05, 0) is 28.6 Å². The molecule has 2 aromatic heterocycles. The van der Waals surface area contributed by atoms with Gasteiger partial charge >= 0.3 is 0 Å². The molecule has 0 saturated carbocycles. The van der Waals surface area contributed by atoms with E-state index in [1.54, 1.807) is 40.4 Å². The van der Waals surface area contributed by atoms with E-state index in [1.165, 1.54) is 6.07 Å². The number of rotatable bonds is 4. The number of para-hydroxylation sites is 1. The van der Waals surface area contributed by atoms with E-state index in [0.29, 0.717) is 5.56 Å². The summed E-state index contributed by atoms with van der Waals surface area (Å²) in [5.41, 5.74) is 1.21. The molecule has 0 radical (unpaired) electrons. The summed E-state index contributed by atoms with van der Waals surface area (Å²) in [6, 6.07) is 12.4. The smallest absolute Gasteiger partial charge is 0.287 e. The van der Waals surface area contributed by atoms with Crippen LogP contribution in [0.2, 0.25) is 0 Å². The summed E-state index contributed by atoms with van der Waals surface area (Å²) in [4.78, 5) is 17.6. The molecule has 22 heavy (non-hydrogen) atoms. The second kappa shape index (κ2) is 7.29. The first-order valence-electron chi connectivity index (χ1n) is 6.44. The maximum absolute atomic E-state index is 12.1. The van der Waals surface area contributed by atoms with Crippen molar-refractivity contribution in [3.05, 3.63) is 65.9 Å². The van der Waals surface area contributed by atoms with Crippen LogP contribution in [0, 0.1) is 0 Å². The highest BCUT2D eigenvalue weighted by molar-refractivity contribution is 8.93. The van der Waals surface area contributed by atoms with E-state index in [-0.39, 0.29) is 35.1 Å². The first-order valence-corrected chi connectivity index (χ1v) is 7.32. The topological polar surface area (TPSA) is 54.1 Å². The molecule has 0 spiro atoms. The molecule has 0 unspecified atom stereocenters. The van der Waals surface area contributed by atoms with Gasteiger partial charge in [0.2, 0.25) is 5.78 Å². The third-order valence-electron chi connectivity index (χ3n) is 3.07. The molecule has 0 aliphatic rings. The summed E-state index contributed by atoms with van der Waals surface area (Å²) >= 11 is 1.62. The lowest BCUT2D eigenvalue weighted by Gasteiger charge is -2.02. The van der Waals surface area contributed by atoms with Crippen molar-refractivity contribution < 1.29 is 14.5 Å². The molecule has 6 heteroatoms. The van der Waals surface area contributed by atoms with Gasteiger partial charge in [-0.2, -0.15) is 0 Å². The van der Waals surface area contributed by atoms with E-state index in [4.69, 9.17) is 0 Å². The van der Waals surface area contributed by atoms with Gasteiger partial charge in [-0.25, -0.2) is 4.57 Å².